The van der Waals surface area contributed by atoms with Gasteiger partial charge in [0.15, 0.2) is 4.80 Å². The van der Waals surface area contributed by atoms with Gasteiger partial charge in [-0.05, 0) is 66.2 Å². The number of rotatable bonds is 5. The molecule has 158 valence electrons. The highest BCUT2D eigenvalue weighted by molar-refractivity contribution is 8.93. The maximum atomic E-state index is 5.95. The average molecular weight is 501 g/mol. The second kappa shape index (κ2) is 10.3. The van der Waals surface area contributed by atoms with Crippen LogP contribution in [0.15, 0.2) is 126 Å². The Labute approximate surface area is 201 Å². The van der Waals surface area contributed by atoms with Crippen molar-refractivity contribution in [3.05, 3.63) is 125 Å². The number of para-hydroxylation sites is 3. The molecule has 4 aromatic carbocycles. The van der Waals surface area contributed by atoms with Crippen LogP contribution in [0.5, 0.6) is 11.5 Å². The molecule has 0 radical (unpaired) electrons. The minimum Gasteiger partial charge on any atom is -0.457 e. The van der Waals surface area contributed by atoms with Crippen molar-refractivity contribution >= 4 is 34.0 Å². The van der Waals surface area contributed by atoms with Crippen molar-refractivity contribution in [2.24, 2.45) is 4.99 Å². The van der Waals surface area contributed by atoms with Crippen molar-refractivity contribution in [2.45, 2.75) is 0 Å². The zero-order valence-corrected chi connectivity index (χ0v) is 19.7. The first kappa shape index (κ1) is 21.8. The van der Waals surface area contributed by atoms with Gasteiger partial charge >= 0.3 is 0 Å². The molecule has 0 bridgehead atoms. The SMILES string of the molecule is Br.c1ccc(N=c2scc(-c3ccc(Oc4ccccc4)cc3)n2-c2ccccc2)cc1. The third-order valence-corrected chi connectivity index (χ3v) is 5.66. The fourth-order valence-electron chi connectivity index (χ4n) is 3.35. The van der Waals surface area contributed by atoms with E-state index in [4.69, 9.17) is 9.73 Å². The molecule has 5 aromatic rings. The molecule has 0 saturated carbocycles. The molecule has 0 unspecified atom stereocenters. The Morgan fingerprint density at radius 3 is 1.84 bits per heavy atom. The average Bonchev–Trinajstić information content (AvgIpc) is 3.25. The van der Waals surface area contributed by atoms with Gasteiger partial charge in [0.2, 0.25) is 0 Å². The topological polar surface area (TPSA) is 26.5 Å². The van der Waals surface area contributed by atoms with E-state index >= 15 is 0 Å². The molecule has 0 atom stereocenters. The van der Waals surface area contributed by atoms with Crippen LogP contribution >= 0.6 is 28.3 Å². The molecular formula is C27H21BrN2OS. The van der Waals surface area contributed by atoms with E-state index in [0.29, 0.717) is 0 Å². The van der Waals surface area contributed by atoms with E-state index in [1.807, 2.05) is 91.0 Å². The number of benzene rings is 4. The molecule has 0 aliphatic heterocycles. The van der Waals surface area contributed by atoms with E-state index in [2.05, 4.69) is 34.2 Å². The third-order valence-electron chi connectivity index (χ3n) is 4.83. The molecule has 0 aliphatic rings. The molecule has 3 nitrogen and oxygen atoms in total. The van der Waals surface area contributed by atoms with Crippen LogP contribution in [0, 0.1) is 0 Å². The summed E-state index contributed by atoms with van der Waals surface area (Å²) in [6.45, 7) is 0. The lowest BCUT2D eigenvalue weighted by atomic mass is 10.1. The molecule has 0 fully saturated rings. The van der Waals surface area contributed by atoms with Crippen LogP contribution in [0.2, 0.25) is 0 Å². The van der Waals surface area contributed by atoms with Gasteiger partial charge in [0, 0.05) is 11.1 Å². The largest absolute Gasteiger partial charge is 0.457 e. The van der Waals surface area contributed by atoms with Crippen LogP contribution in [-0.2, 0) is 0 Å². The first-order valence-electron chi connectivity index (χ1n) is 10.1. The maximum absolute atomic E-state index is 5.95. The highest BCUT2D eigenvalue weighted by atomic mass is 79.9. The highest BCUT2D eigenvalue weighted by Gasteiger charge is 2.10. The number of nitrogens with zero attached hydrogens (tertiary/aromatic N) is 2. The first-order chi connectivity index (χ1) is 15.4. The minimum absolute atomic E-state index is 0. The summed E-state index contributed by atoms with van der Waals surface area (Å²) < 4.78 is 8.14. The standard InChI is InChI=1S/C27H20N2OS.BrH/c1-4-10-22(11-5-1)28-27-29(23-12-6-2-7-13-23)26(20-31-27)21-16-18-25(19-17-21)30-24-14-8-3-9-15-24;/h1-20H;1H. The number of hydrogen-bond acceptors (Lipinski definition) is 3. The van der Waals surface area contributed by atoms with Gasteiger partial charge in [0.1, 0.15) is 11.5 Å². The summed E-state index contributed by atoms with van der Waals surface area (Å²) in [7, 11) is 0. The van der Waals surface area contributed by atoms with Crippen LogP contribution in [0.25, 0.3) is 16.9 Å². The molecule has 0 saturated heterocycles. The number of hydrogen-bond donors (Lipinski definition) is 0. The molecule has 5 rings (SSSR count). The summed E-state index contributed by atoms with van der Waals surface area (Å²) in [6.07, 6.45) is 0. The van der Waals surface area contributed by atoms with E-state index in [1.165, 1.54) is 0 Å². The van der Waals surface area contributed by atoms with Crippen molar-refractivity contribution in [1.82, 2.24) is 4.57 Å². The minimum atomic E-state index is 0. The van der Waals surface area contributed by atoms with Gasteiger partial charge in [-0.15, -0.1) is 28.3 Å². The van der Waals surface area contributed by atoms with Crippen LogP contribution in [0.4, 0.5) is 5.69 Å². The number of ether oxygens (including phenoxy) is 1. The summed E-state index contributed by atoms with van der Waals surface area (Å²) in [4.78, 5) is 5.82. The van der Waals surface area contributed by atoms with Crippen LogP contribution in [0.3, 0.4) is 0 Å². The molecule has 1 aromatic heterocycles. The predicted molar refractivity (Wildman–Crippen MR) is 138 cm³/mol. The van der Waals surface area contributed by atoms with E-state index in [1.54, 1.807) is 11.3 Å². The Kier molecular flexibility index (Phi) is 7.00. The maximum Gasteiger partial charge on any atom is 0.195 e. The summed E-state index contributed by atoms with van der Waals surface area (Å²) in [5.41, 5.74) is 4.22. The van der Waals surface area contributed by atoms with Crippen molar-refractivity contribution in [2.75, 3.05) is 0 Å². The summed E-state index contributed by atoms with van der Waals surface area (Å²) in [5, 5.41) is 2.15. The van der Waals surface area contributed by atoms with E-state index in [-0.39, 0.29) is 17.0 Å². The van der Waals surface area contributed by atoms with Crippen LogP contribution in [0.1, 0.15) is 0 Å². The van der Waals surface area contributed by atoms with E-state index in [0.717, 1.165) is 38.9 Å². The summed E-state index contributed by atoms with van der Waals surface area (Å²) in [5.74, 6) is 1.64. The third kappa shape index (κ3) is 4.90. The lowest BCUT2D eigenvalue weighted by molar-refractivity contribution is 0.483. The summed E-state index contributed by atoms with van der Waals surface area (Å²) in [6, 6.07) is 38.4. The zero-order valence-electron chi connectivity index (χ0n) is 17.2. The monoisotopic (exact) mass is 500 g/mol. The van der Waals surface area contributed by atoms with Gasteiger partial charge in [-0.25, -0.2) is 4.99 Å². The number of thiazole rings is 1. The number of aromatic nitrogens is 1. The Balaban J connectivity index is 0.00000245. The lowest BCUT2D eigenvalue weighted by Gasteiger charge is -2.10. The van der Waals surface area contributed by atoms with Crippen LogP contribution in [-0.4, -0.2) is 4.57 Å². The predicted octanol–water partition coefficient (Wildman–Crippen LogP) is 7.81. The van der Waals surface area contributed by atoms with Crippen molar-refractivity contribution < 1.29 is 4.74 Å². The molecular weight excluding hydrogens is 480 g/mol. The van der Waals surface area contributed by atoms with Crippen molar-refractivity contribution in [1.29, 1.82) is 0 Å². The Morgan fingerprint density at radius 2 is 1.19 bits per heavy atom. The fraction of sp³-hybridized carbons (Fsp3) is 0. The fourth-order valence-corrected chi connectivity index (χ4v) is 4.27. The first-order valence-corrected chi connectivity index (χ1v) is 10.9. The Morgan fingerprint density at radius 1 is 0.625 bits per heavy atom. The molecule has 0 amide bonds. The second-order valence-corrected chi connectivity index (χ2v) is 7.80. The van der Waals surface area contributed by atoms with Gasteiger partial charge in [-0.2, -0.15) is 0 Å². The second-order valence-electron chi connectivity index (χ2n) is 6.96. The summed E-state index contributed by atoms with van der Waals surface area (Å²) >= 11 is 1.63. The van der Waals surface area contributed by atoms with Gasteiger partial charge in [-0.3, -0.25) is 4.57 Å². The molecule has 0 aliphatic carbocycles. The van der Waals surface area contributed by atoms with Crippen molar-refractivity contribution in [3.8, 4) is 28.4 Å². The van der Waals surface area contributed by atoms with Gasteiger partial charge in [0.25, 0.3) is 0 Å². The lowest BCUT2D eigenvalue weighted by Crippen LogP contribution is -2.13. The quantitative estimate of drug-likeness (QED) is 0.241. The highest BCUT2D eigenvalue weighted by Crippen LogP contribution is 2.28. The molecule has 5 heteroatoms. The zero-order chi connectivity index (χ0) is 20.9. The Bertz CT molecular complexity index is 1330. The van der Waals surface area contributed by atoms with Gasteiger partial charge < -0.3 is 4.74 Å². The van der Waals surface area contributed by atoms with E-state index in [9.17, 15) is 0 Å². The molecule has 0 spiro atoms. The van der Waals surface area contributed by atoms with Crippen LogP contribution < -0.4 is 9.54 Å². The number of halogens is 1. The molecule has 0 N–H and O–H groups in total. The molecule has 1 heterocycles. The van der Waals surface area contributed by atoms with Gasteiger partial charge in [-0.1, -0.05) is 54.6 Å². The van der Waals surface area contributed by atoms with Gasteiger partial charge in [0.05, 0.1) is 11.4 Å². The molecule has 32 heavy (non-hydrogen) atoms. The van der Waals surface area contributed by atoms with E-state index < -0.39 is 0 Å². The smallest absolute Gasteiger partial charge is 0.195 e. The Hall–Kier alpha value is -3.41. The normalized spacial score (nSPS) is 11.1. The van der Waals surface area contributed by atoms with Crippen molar-refractivity contribution in [3.63, 3.8) is 0 Å².